The van der Waals surface area contributed by atoms with Gasteiger partial charge in [0.2, 0.25) is 15.9 Å². The SMILES string of the molecule is Cc1cccc(NC(=O)NCC(=O)NC(C)c2ccccc2NS(C)(=O)=O)c1. The molecule has 2 aromatic carbocycles. The van der Waals surface area contributed by atoms with Crippen LogP contribution < -0.4 is 20.7 Å². The number of para-hydroxylation sites is 1. The van der Waals surface area contributed by atoms with Crippen molar-refractivity contribution in [2.75, 3.05) is 22.8 Å². The van der Waals surface area contributed by atoms with Gasteiger partial charge in [0, 0.05) is 5.69 Å². The number of anilines is 2. The van der Waals surface area contributed by atoms with Crippen molar-refractivity contribution in [3.8, 4) is 0 Å². The van der Waals surface area contributed by atoms with E-state index in [1.54, 1.807) is 37.3 Å². The van der Waals surface area contributed by atoms with Gasteiger partial charge in [0.15, 0.2) is 0 Å². The molecule has 4 N–H and O–H groups in total. The van der Waals surface area contributed by atoms with Crippen LogP contribution in [0.1, 0.15) is 24.1 Å². The van der Waals surface area contributed by atoms with Gasteiger partial charge in [0.1, 0.15) is 0 Å². The Morgan fingerprint density at radius 3 is 2.46 bits per heavy atom. The van der Waals surface area contributed by atoms with Crippen molar-refractivity contribution < 1.29 is 18.0 Å². The van der Waals surface area contributed by atoms with E-state index in [0.717, 1.165) is 11.8 Å². The zero-order valence-electron chi connectivity index (χ0n) is 15.9. The predicted octanol–water partition coefficient (Wildman–Crippen LogP) is 2.37. The number of aryl methyl sites for hydroxylation is 1. The predicted molar refractivity (Wildman–Crippen MR) is 110 cm³/mol. The first-order valence-corrected chi connectivity index (χ1v) is 10.5. The summed E-state index contributed by atoms with van der Waals surface area (Å²) in [6.45, 7) is 3.42. The monoisotopic (exact) mass is 404 g/mol. The molecule has 0 aliphatic heterocycles. The highest BCUT2D eigenvalue weighted by molar-refractivity contribution is 7.92. The average Bonchev–Trinajstić information content (AvgIpc) is 2.59. The second kappa shape index (κ2) is 9.23. The van der Waals surface area contributed by atoms with Crippen LogP contribution >= 0.6 is 0 Å². The Bertz CT molecular complexity index is 960. The Kier molecular flexibility index (Phi) is 7.00. The molecule has 9 heteroatoms. The minimum Gasteiger partial charge on any atom is -0.348 e. The molecular weight excluding hydrogens is 380 g/mol. The highest BCUT2D eigenvalue weighted by Crippen LogP contribution is 2.23. The van der Waals surface area contributed by atoms with Crippen molar-refractivity contribution in [2.45, 2.75) is 19.9 Å². The summed E-state index contributed by atoms with van der Waals surface area (Å²) >= 11 is 0. The third-order valence-corrected chi connectivity index (χ3v) is 4.38. The molecule has 1 atom stereocenters. The molecule has 8 nitrogen and oxygen atoms in total. The van der Waals surface area contributed by atoms with Gasteiger partial charge in [-0.2, -0.15) is 0 Å². The second-order valence-electron chi connectivity index (χ2n) is 6.43. The summed E-state index contributed by atoms with van der Waals surface area (Å²) in [5.74, 6) is -0.402. The zero-order chi connectivity index (χ0) is 20.7. The lowest BCUT2D eigenvalue weighted by molar-refractivity contribution is -0.120. The highest BCUT2D eigenvalue weighted by Gasteiger charge is 2.15. The maximum absolute atomic E-state index is 12.1. The molecule has 0 spiro atoms. The Hall–Kier alpha value is -3.07. The van der Waals surface area contributed by atoms with Crippen molar-refractivity contribution in [3.05, 3.63) is 59.7 Å². The van der Waals surface area contributed by atoms with Crippen LogP contribution in [-0.4, -0.2) is 33.2 Å². The molecule has 0 aromatic heterocycles. The molecule has 150 valence electrons. The molecule has 2 aromatic rings. The fourth-order valence-corrected chi connectivity index (χ4v) is 3.18. The van der Waals surface area contributed by atoms with Crippen molar-refractivity contribution in [2.24, 2.45) is 0 Å². The Balaban J connectivity index is 1.90. The first-order chi connectivity index (χ1) is 13.1. The molecule has 3 amide bonds. The van der Waals surface area contributed by atoms with E-state index in [2.05, 4.69) is 20.7 Å². The smallest absolute Gasteiger partial charge is 0.319 e. The normalized spacial score (nSPS) is 12.0. The van der Waals surface area contributed by atoms with Crippen molar-refractivity contribution in [3.63, 3.8) is 0 Å². The number of hydrogen-bond acceptors (Lipinski definition) is 4. The molecule has 0 heterocycles. The maximum atomic E-state index is 12.1. The van der Waals surface area contributed by atoms with Crippen molar-refractivity contribution in [1.82, 2.24) is 10.6 Å². The second-order valence-corrected chi connectivity index (χ2v) is 8.18. The highest BCUT2D eigenvalue weighted by atomic mass is 32.2. The summed E-state index contributed by atoms with van der Waals surface area (Å²) in [6.07, 6.45) is 1.06. The number of amides is 3. The van der Waals surface area contributed by atoms with E-state index in [9.17, 15) is 18.0 Å². The zero-order valence-corrected chi connectivity index (χ0v) is 16.8. The first kappa shape index (κ1) is 21.2. The van der Waals surface area contributed by atoms with Crippen molar-refractivity contribution >= 4 is 33.3 Å². The maximum Gasteiger partial charge on any atom is 0.319 e. The topological polar surface area (TPSA) is 116 Å². The summed E-state index contributed by atoms with van der Waals surface area (Å²) in [6, 6.07) is 13.1. The number of urea groups is 1. The van der Waals surface area contributed by atoms with Gasteiger partial charge in [-0.05, 0) is 43.2 Å². The lowest BCUT2D eigenvalue weighted by Crippen LogP contribution is -2.39. The van der Waals surface area contributed by atoms with E-state index < -0.39 is 28.0 Å². The van der Waals surface area contributed by atoms with Gasteiger partial charge in [0.05, 0.1) is 24.5 Å². The molecule has 0 aliphatic rings. The van der Waals surface area contributed by atoms with E-state index in [4.69, 9.17) is 0 Å². The van der Waals surface area contributed by atoms with Crippen LogP contribution in [0.15, 0.2) is 48.5 Å². The standard InChI is InChI=1S/C19H24N4O4S/c1-13-7-6-8-15(11-13)22-19(25)20-12-18(24)21-14(2)16-9-4-5-10-17(16)23-28(3,26)27/h4-11,14,23H,12H2,1-3H3,(H,21,24)(H2,20,22,25). The van der Waals surface area contributed by atoms with E-state index >= 15 is 0 Å². The van der Waals surface area contributed by atoms with Crippen LogP contribution in [0.3, 0.4) is 0 Å². The molecule has 0 bridgehead atoms. The summed E-state index contributed by atoms with van der Waals surface area (Å²) in [5.41, 5.74) is 2.64. The van der Waals surface area contributed by atoms with Gasteiger partial charge in [-0.3, -0.25) is 9.52 Å². The molecule has 0 saturated carbocycles. The summed E-state index contributed by atoms with van der Waals surface area (Å²) in [4.78, 5) is 24.1. The van der Waals surface area contributed by atoms with E-state index in [0.29, 0.717) is 16.9 Å². The number of hydrogen-bond donors (Lipinski definition) is 4. The Morgan fingerprint density at radius 2 is 1.79 bits per heavy atom. The summed E-state index contributed by atoms with van der Waals surface area (Å²) in [7, 11) is -3.44. The number of sulfonamides is 1. The summed E-state index contributed by atoms with van der Waals surface area (Å²) in [5, 5.41) is 7.87. The number of carbonyl (C=O) groups is 2. The van der Waals surface area contributed by atoms with Gasteiger partial charge in [-0.1, -0.05) is 30.3 Å². The molecule has 1 unspecified atom stereocenters. The van der Waals surface area contributed by atoms with Gasteiger partial charge in [0.25, 0.3) is 0 Å². The van der Waals surface area contributed by atoms with Crippen LogP contribution in [0, 0.1) is 6.92 Å². The molecular formula is C19H24N4O4S. The quantitative estimate of drug-likeness (QED) is 0.567. The van der Waals surface area contributed by atoms with Crippen molar-refractivity contribution in [1.29, 1.82) is 0 Å². The largest absolute Gasteiger partial charge is 0.348 e. The van der Waals surface area contributed by atoms with Crippen LogP contribution in [0.5, 0.6) is 0 Å². The third-order valence-electron chi connectivity index (χ3n) is 3.79. The van der Waals surface area contributed by atoms with E-state index in [1.807, 2.05) is 25.1 Å². The molecule has 2 rings (SSSR count). The Labute approximate surface area is 164 Å². The van der Waals surface area contributed by atoms with Gasteiger partial charge in [-0.25, -0.2) is 13.2 Å². The number of nitrogens with one attached hydrogen (secondary N) is 4. The van der Waals surface area contributed by atoms with E-state index in [1.165, 1.54) is 0 Å². The number of rotatable bonds is 7. The fraction of sp³-hybridized carbons (Fsp3) is 0.263. The van der Waals surface area contributed by atoms with Gasteiger partial charge >= 0.3 is 6.03 Å². The first-order valence-electron chi connectivity index (χ1n) is 8.61. The number of benzene rings is 2. The van der Waals surface area contributed by atoms with Crippen LogP contribution in [0.4, 0.5) is 16.2 Å². The summed E-state index contributed by atoms with van der Waals surface area (Å²) < 4.78 is 25.4. The molecule has 0 aliphatic carbocycles. The molecule has 28 heavy (non-hydrogen) atoms. The lowest BCUT2D eigenvalue weighted by Gasteiger charge is -2.18. The van der Waals surface area contributed by atoms with Gasteiger partial charge < -0.3 is 16.0 Å². The fourth-order valence-electron chi connectivity index (χ4n) is 2.60. The Morgan fingerprint density at radius 1 is 1.07 bits per heavy atom. The molecule has 0 radical (unpaired) electrons. The number of carbonyl (C=O) groups excluding carboxylic acids is 2. The average molecular weight is 404 g/mol. The van der Waals surface area contributed by atoms with Crippen LogP contribution in [0.25, 0.3) is 0 Å². The minimum absolute atomic E-state index is 0.219. The molecule has 0 saturated heterocycles. The third kappa shape index (κ3) is 6.92. The minimum atomic E-state index is -3.44. The van der Waals surface area contributed by atoms with Gasteiger partial charge in [-0.15, -0.1) is 0 Å². The lowest BCUT2D eigenvalue weighted by atomic mass is 10.1. The van der Waals surface area contributed by atoms with Crippen LogP contribution in [-0.2, 0) is 14.8 Å². The molecule has 0 fully saturated rings. The van der Waals surface area contributed by atoms with Crippen LogP contribution in [0.2, 0.25) is 0 Å². The van der Waals surface area contributed by atoms with E-state index in [-0.39, 0.29) is 6.54 Å².